The molecule has 1 aliphatic rings. The van der Waals surface area contributed by atoms with Crippen molar-refractivity contribution < 1.29 is 4.79 Å². The number of hydrogen-bond acceptors (Lipinski definition) is 3. The van der Waals surface area contributed by atoms with E-state index in [1.807, 2.05) is 53.6 Å². The number of hydrogen-bond donors (Lipinski definition) is 1. The quantitative estimate of drug-likeness (QED) is 0.294. The Bertz CT molecular complexity index is 769. The van der Waals surface area contributed by atoms with Gasteiger partial charge >= 0.3 is 0 Å². The first-order chi connectivity index (χ1) is 13.6. The van der Waals surface area contributed by atoms with Crippen LogP contribution < -0.4 is 5.43 Å². The van der Waals surface area contributed by atoms with Crippen LogP contribution in [0.25, 0.3) is 6.08 Å². The van der Waals surface area contributed by atoms with E-state index in [0.717, 1.165) is 37.1 Å². The summed E-state index contributed by atoms with van der Waals surface area (Å²) >= 11 is 12.0. The van der Waals surface area contributed by atoms with Gasteiger partial charge < -0.3 is 4.90 Å². The fraction of sp³-hybridized carbons (Fsp3) is 0.364. The molecule has 0 radical (unpaired) electrons. The van der Waals surface area contributed by atoms with Crippen molar-refractivity contribution in [1.29, 1.82) is 0 Å². The highest BCUT2D eigenvalue weighted by atomic mass is 35.5. The Balaban J connectivity index is 1.97. The Labute approximate surface area is 177 Å². The molecule has 150 valence electrons. The van der Waals surface area contributed by atoms with E-state index in [1.54, 1.807) is 6.07 Å². The van der Waals surface area contributed by atoms with E-state index in [2.05, 4.69) is 17.5 Å². The molecule has 0 aromatic heterocycles. The van der Waals surface area contributed by atoms with Crippen molar-refractivity contribution in [2.75, 3.05) is 13.1 Å². The minimum Gasteiger partial charge on any atom is -0.364 e. The van der Waals surface area contributed by atoms with Crippen LogP contribution in [0, 0.1) is 0 Å². The van der Waals surface area contributed by atoms with Crippen LogP contribution >= 0.6 is 23.2 Å². The van der Waals surface area contributed by atoms with Gasteiger partial charge in [-0.05, 0) is 48.9 Å². The third kappa shape index (κ3) is 8.32. The Morgan fingerprint density at radius 2 is 2.07 bits per heavy atom. The molecular weight excluding hydrogens is 393 g/mol. The van der Waals surface area contributed by atoms with Crippen molar-refractivity contribution in [1.82, 2.24) is 10.3 Å². The fourth-order valence-corrected chi connectivity index (χ4v) is 3.00. The lowest BCUT2D eigenvalue weighted by Crippen LogP contribution is -2.33. The average molecular weight is 420 g/mol. The van der Waals surface area contributed by atoms with Crippen LogP contribution in [-0.4, -0.2) is 29.6 Å². The summed E-state index contributed by atoms with van der Waals surface area (Å²) in [5, 5.41) is 5.39. The Hall–Kier alpha value is -2.04. The molecule has 0 saturated heterocycles. The highest BCUT2D eigenvalue weighted by Crippen LogP contribution is 2.23. The summed E-state index contributed by atoms with van der Waals surface area (Å²) in [5.74, 6) is -0.131. The van der Waals surface area contributed by atoms with E-state index >= 15 is 0 Å². The second-order valence-electron chi connectivity index (χ2n) is 6.65. The first-order valence-corrected chi connectivity index (χ1v) is 10.4. The second kappa shape index (κ2) is 12.4. The number of allylic oxidation sites excluding steroid dienone is 3. The number of benzene rings is 1. The maximum absolute atomic E-state index is 12.2. The predicted molar refractivity (Wildman–Crippen MR) is 120 cm³/mol. The van der Waals surface area contributed by atoms with Gasteiger partial charge in [0, 0.05) is 6.54 Å². The van der Waals surface area contributed by atoms with Crippen molar-refractivity contribution in [2.24, 2.45) is 5.10 Å². The van der Waals surface area contributed by atoms with Crippen molar-refractivity contribution in [3.05, 3.63) is 64.3 Å². The summed E-state index contributed by atoms with van der Waals surface area (Å²) in [4.78, 5) is 14.1. The maximum Gasteiger partial charge on any atom is 0.259 e. The summed E-state index contributed by atoms with van der Waals surface area (Å²) in [5.41, 5.74) is 4.45. The van der Waals surface area contributed by atoms with Gasteiger partial charge in [0.05, 0.1) is 22.3 Å². The SMILES string of the molecule is CCCCCCC(C=Cc1ccc(Cl)c(Cl)c1)=NNC(=O)CN1C=CC=CC1. The molecule has 1 amide bonds. The first-order valence-electron chi connectivity index (χ1n) is 9.64. The third-order valence-electron chi connectivity index (χ3n) is 4.25. The van der Waals surface area contributed by atoms with Gasteiger partial charge in [0.2, 0.25) is 0 Å². The molecule has 1 heterocycles. The topological polar surface area (TPSA) is 44.7 Å². The summed E-state index contributed by atoms with van der Waals surface area (Å²) in [6.45, 7) is 3.20. The number of nitrogens with one attached hydrogen (secondary N) is 1. The highest BCUT2D eigenvalue weighted by molar-refractivity contribution is 6.42. The minimum atomic E-state index is -0.131. The van der Waals surface area contributed by atoms with E-state index < -0.39 is 0 Å². The van der Waals surface area contributed by atoms with E-state index in [-0.39, 0.29) is 12.5 Å². The van der Waals surface area contributed by atoms with Crippen molar-refractivity contribution >= 4 is 40.9 Å². The van der Waals surface area contributed by atoms with Crippen LogP contribution in [-0.2, 0) is 4.79 Å². The van der Waals surface area contributed by atoms with Crippen LogP contribution in [0.2, 0.25) is 10.0 Å². The molecule has 1 aromatic carbocycles. The van der Waals surface area contributed by atoms with Gasteiger partial charge in [-0.1, -0.05) is 73.7 Å². The molecule has 28 heavy (non-hydrogen) atoms. The molecule has 2 rings (SSSR count). The first kappa shape index (κ1) is 22.3. The van der Waals surface area contributed by atoms with Gasteiger partial charge in [0.15, 0.2) is 0 Å². The lowest BCUT2D eigenvalue weighted by molar-refractivity contribution is -0.121. The summed E-state index contributed by atoms with van der Waals surface area (Å²) in [6.07, 6.45) is 17.0. The molecule has 4 nitrogen and oxygen atoms in total. The zero-order valence-electron chi connectivity index (χ0n) is 16.2. The van der Waals surface area contributed by atoms with Crippen LogP contribution in [0.1, 0.15) is 44.6 Å². The Kier molecular flexibility index (Phi) is 9.87. The van der Waals surface area contributed by atoms with E-state index in [9.17, 15) is 4.79 Å². The van der Waals surface area contributed by atoms with E-state index in [0.29, 0.717) is 10.0 Å². The standard InChI is InChI=1S/C22H27Cl2N3O/c1-2-3-4-6-9-19(12-10-18-11-13-20(23)21(24)16-18)25-26-22(28)17-27-14-7-5-8-15-27/h5,7-8,10-14,16H,2-4,6,9,15,17H2,1H3,(H,26,28). The number of carbonyl (C=O) groups is 1. The van der Waals surface area contributed by atoms with E-state index in [1.165, 1.54) is 12.8 Å². The number of rotatable bonds is 10. The molecule has 1 aliphatic heterocycles. The minimum absolute atomic E-state index is 0.131. The molecule has 1 aromatic rings. The number of unbranched alkanes of at least 4 members (excludes halogenated alkanes) is 3. The average Bonchev–Trinajstić information content (AvgIpc) is 2.70. The molecule has 0 fully saturated rings. The Morgan fingerprint density at radius 3 is 2.79 bits per heavy atom. The molecule has 0 unspecified atom stereocenters. The van der Waals surface area contributed by atoms with Gasteiger partial charge in [-0.25, -0.2) is 5.43 Å². The smallest absolute Gasteiger partial charge is 0.259 e. The zero-order chi connectivity index (χ0) is 20.2. The van der Waals surface area contributed by atoms with Crippen LogP contribution in [0.5, 0.6) is 0 Å². The molecule has 0 atom stereocenters. The molecule has 0 saturated carbocycles. The molecule has 0 aliphatic carbocycles. The van der Waals surface area contributed by atoms with Crippen molar-refractivity contribution in [2.45, 2.75) is 39.0 Å². The third-order valence-corrected chi connectivity index (χ3v) is 4.99. The van der Waals surface area contributed by atoms with Gasteiger partial charge in [0.1, 0.15) is 0 Å². The second-order valence-corrected chi connectivity index (χ2v) is 7.47. The number of halogens is 2. The number of amides is 1. The highest BCUT2D eigenvalue weighted by Gasteiger charge is 2.07. The van der Waals surface area contributed by atoms with Gasteiger partial charge in [-0.2, -0.15) is 5.10 Å². The summed E-state index contributed by atoms with van der Waals surface area (Å²) in [6, 6.07) is 5.47. The lowest BCUT2D eigenvalue weighted by atomic mass is 10.1. The molecule has 1 N–H and O–H groups in total. The molecular formula is C22H27Cl2N3O. The largest absolute Gasteiger partial charge is 0.364 e. The maximum atomic E-state index is 12.2. The molecule has 0 spiro atoms. The monoisotopic (exact) mass is 419 g/mol. The number of nitrogens with zero attached hydrogens (tertiary/aromatic N) is 2. The van der Waals surface area contributed by atoms with Crippen LogP contribution in [0.4, 0.5) is 0 Å². The lowest BCUT2D eigenvalue weighted by Gasteiger charge is -2.18. The van der Waals surface area contributed by atoms with E-state index in [4.69, 9.17) is 23.2 Å². The normalized spacial score (nSPS) is 14.1. The molecule has 0 bridgehead atoms. The predicted octanol–water partition coefficient (Wildman–Crippen LogP) is 5.83. The Morgan fingerprint density at radius 1 is 1.21 bits per heavy atom. The zero-order valence-corrected chi connectivity index (χ0v) is 17.7. The van der Waals surface area contributed by atoms with Crippen molar-refractivity contribution in [3.63, 3.8) is 0 Å². The number of hydrazone groups is 1. The van der Waals surface area contributed by atoms with Crippen LogP contribution in [0.3, 0.4) is 0 Å². The van der Waals surface area contributed by atoms with Crippen molar-refractivity contribution in [3.8, 4) is 0 Å². The number of carbonyl (C=O) groups excluding carboxylic acids is 1. The molecule has 6 heteroatoms. The summed E-state index contributed by atoms with van der Waals surface area (Å²) in [7, 11) is 0. The van der Waals surface area contributed by atoms with Gasteiger partial charge in [-0.3, -0.25) is 4.79 Å². The van der Waals surface area contributed by atoms with Crippen LogP contribution in [0.15, 0.2) is 53.8 Å². The fourth-order valence-electron chi connectivity index (χ4n) is 2.70. The summed E-state index contributed by atoms with van der Waals surface area (Å²) < 4.78 is 0. The van der Waals surface area contributed by atoms with Gasteiger partial charge in [0.25, 0.3) is 5.91 Å². The van der Waals surface area contributed by atoms with Gasteiger partial charge in [-0.15, -0.1) is 0 Å².